The number of allylic oxidation sites excluding steroid dienone is 1. The van der Waals surface area contributed by atoms with Crippen LogP contribution < -0.4 is 10.1 Å². The predicted molar refractivity (Wildman–Crippen MR) is 55.5 cm³/mol. The van der Waals surface area contributed by atoms with E-state index in [9.17, 15) is 4.79 Å². The fraction of sp³-hybridized carbons (Fsp3) is 0.182. The maximum Gasteiger partial charge on any atom is 0.187 e. The second-order valence-corrected chi connectivity index (χ2v) is 2.71. The van der Waals surface area contributed by atoms with E-state index in [1.807, 2.05) is 0 Å². The van der Waals surface area contributed by atoms with Crippen molar-refractivity contribution in [1.29, 1.82) is 0 Å². The lowest BCUT2D eigenvalue weighted by molar-refractivity contribution is 0.104. The maximum absolute atomic E-state index is 11.4. The Kier molecular flexibility index (Phi) is 3.73. The molecule has 0 atom stereocenters. The van der Waals surface area contributed by atoms with Crippen LogP contribution in [0.1, 0.15) is 10.4 Å². The Hall–Kier alpha value is -1.77. The van der Waals surface area contributed by atoms with Gasteiger partial charge in [0.2, 0.25) is 0 Å². The highest BCUT2D eigenvalue weighted by molar-refractivity contribution is 6.04. The fourth-order valence-electron chi connectivity index (χ4n) is 1.01. The third kappa shape index (κ3) is 2.62. The highest BCUT2D eigenvalue weighted by Crippen LogP contribution is 2.11. The first-order chi connectivity index (χ1) is 6.77. The van der Waals surface area contributed by atoms with Crippen LogP contribution >= 0.6 is 0 Å². The van der Waals surface area contributed by atoms with Crippen molar-refractivity contribution in [2.45, 2.75) is 0 Å². The van der Waals surface area contributed by atoms with Crippen molar-refractivity contribution >= 4 is 5.78 Å². The zero-order valence-corrected chi connectivity index (χ0v) is 8.28. The minimum absolute atomic E-state index is 0.0259. The van der Waals surface area contributed by atoms with Crippen molar-refractivity contribution in [1.82, 2.24) is 5.32 Å². The summed E-state index contributed by atoms with van der Waals surface area (Å²) >= 11 is 0. The van der Waals surface area contributed by atoms with Crippen LogP contribution in [-0.2, 0) is 0 Å². The minimum Gasteiger partial charge on any atom is -0.497 e. The first-order valence-corrected chi connectivity index (χ1v) is 4.30. The number of hydrogen-bond donors (Lipinski definition) is 1. The number of methoxy groups -OCH3 is 1. The van der Waals surface area contributed by atoms with Crippen molar-refractivity contribution in [3.63, 3.8) is 0 Å². The van der Waals surface area contributed by atoms with Crippen LogP contribution in [0.5, 0.6) is 5.75 Å². The van der Waals surface area contributed by atoms with Gasteiger partial charge in [0.25, 0.3) is 0 Å². The molecule has 0 heterocycles. The highest BCUT2D eigenvalue weighted by Gasteiger charge is 2.00. The molecule has 74 valence electrons. The van der Waals surface area contributed by atoms with Crippen LogP contribution in [0.4, 0.5) is 0 Å². The van der Waals surface area contributed by atoms with Crippen LogP contribution in [0.15, 0.2) is 36.5 Å². The average molecular weight is 191 g/mol. The maximum atomic E-state index is 11.4. The lowest BCUT2D eigenvalue weighted by atomic mass is 10.1. The summed E-state index contributed by atoms with van der Waals surface area (Å²) in [6.07, 6.45) is 3.09. The Morgan fingerprint density at radius 1 is 1.36 bits per heavy atom. The van der Waals surface area contributed by atoms with Crippen molar-refractivity contribution in [2.24, 2.45) is 0 Å². The molecule has 14 heavy (non-hydrogen) atoms. The Labute approximate surface area is 83.4 Å². The van der Waals surface area contributed by atoms with Gasteiger partial charge in [0.15, 0.2) is 5.78 Å². The Bertz CT molecular complexity index is 328. The summed E-state index contributed by atoms with van der Waals surface area (Å²) in [5.41, 5.74) is 0.650. The van der Waals surface area contributed by atoms with E-state index < -0.39 is 0 Å². The summed E-state index contributed by atoms with van der Waals surface area (Å²) in [4.78, 5) is 11.4. The molecule has 0 amide bonds. The molecule has 1 aromatic carbocycles. The number of nitrogens with one attached hydrogen (secondary N) is 1. The summed E-state index contributed by atoms with van der Waals surface area (Å²) < 4.78 is 4.99. The summed E-state index contributed by atoms with van der Waals surface area (Å²) in [5, 5.41) is 2.76. The zero-order valence-electron chi connectivity index (χ0n) is 8.28. The molecule has 0 aliphatic heterocycles. The average Bonchev–Trinajstić information content (AvgIpc) is 2.26. The zero-order chi connectivity index (χ0) is 10.4. The van der Waals surface area contributed by atoms with E-state index in [-0.39, 0.29) is 5.78 Å². The van der Waals surface area contributed by atoms with E-state index in [1.165, 1.54) is 6.08 Å². The van der Waals surface area contributed by atoms with Crippen LogP contribution in [0.2, 0.25) is 0 Å². The lowest BCUT2D eigenvalue weighted by Gasteiger charge is -1.99. The molecule has 1 aromatic rings. The molecule has 3 nitrogen and oxygen atoms in total. The molecular weight excluding hydrogens is 178 g/mol. The van der Waals surface area contributed by atoms with Crippen LogP contribution in [-0.4, -0.2) is 19.9 Å². The third-order valence-electron chi connectivity index (χ3n) is 1.78. The van der Waals surface area contributed by atoms with Gasteiger partial charge < -0.3 is 10.1 Å². The number of ketones is 1. The third-order valence-corrected chi connectivity index (χ3v) is 1.78. The molecule has 0 unspecified atom stereocenters. The van der Waals surface area contributed by atoms with Gasteiger partial charge in [-0.05, 0) is 24.3 Å². The first-order valence-electron chi connectivity index (χ1n) is 4.30. The minimum atomic E-state index is -0.0259. The van der Waals surface area contributed by atoms with Crippen LogP contribution in [0.3, 0.4) is 0 Å². The fourth-order valence-corrected chi connectivity index (χ4v) is 1.01. The largest absolute Gasteiger partial charge is 0.497 e. The number of ether oxygens (including phenoxy) is 1. The molecule has 0 radical (unpaired) electrons. The molecule has 0 aliphatic carbocycles. The Morgan fingerprint density at radius 2 is 2.00 bits per heavy atom. The molecule has 0 saturated heterocycles. The molecule has 0 fully saturated rings. The van der Waals surface area contributed by atoms with Crippen LogP contribution in [0, 0.1) is 0 Å². The van der Waals surface area contributed by atoms with Gasteiger partial charge in [-0.1, -0.05) is 0 Å². The molecule has 0 aromatic heterocycles. The number of rotatable bonds is 4. The Balaban J connectivity index is 2.76. The number of benzene rings is 1. The molecule has 1 rings (SSSR count). The topological polar surface area (TPSA) is 38.3 Å². The van der Waals surface area contributed by atoms with Crippen molar-refractivity contribution in [2.75, 3.05) is 14.2 Å². The van der Waals surface area contributed by atoms with Gasteiger partial charge >= 0.3 is 0 Å². The number of carbonyl (C=O) groups is 1. The molecule has 3 heteroatoms. The van der Waals surface area contributed by atoms with Gasteiger partial charge in [0.1, 0.15) is 5.75 Å². The standard InChI is InChI=1S/C11H13NO2/c1-12-8-7-11(13)9-3-5-10(14-2)6-4-9/h3-8,12H,1-2H3/b8-7+. The summed E-state index contributed by atoms with van der Waals surface area (Å²) in [7, 11) is 3.34. The van der Waals surface area contributed by atoms with Crippen molar-refractivity contribution in [3.05, 3.63) is 42.1 Å². The van der Waals surface area contributed by atoms with Gasteiger partial charge in [-0.15, -0.1) is 0 Å². The second kappa shape index (κ2) is 5.07. The van der Waals surface area contributed by atoms with Crippen molar-refractivity contribution in [3.8, 4) is 5.75 Å². The van der Waals surface area contributed by atoms with E-state index in [2.05, 4.69) is 5.32 Å². The molecule has 0 aliphatic rings. The normalized spacial score (nSPS) is 10.1. The summed E-state index contributed by atoms with van der Waals surface area (Å²) in [6, 6.07) is 7.00. The SMILES string of the molecule is CN/C=C/C(=O)c1ccc(OC)cc1. The van der Waals surface area contributed by atoms with Gasteiger partial charge in [-0.2, -0.15) is 0 Å². The molecule has 0 spiro atoms. The smallest absolute Gasteiger partial charge is 0.187 e. The van der Waals surface area contributed by atoms with Crippen molar-refractivity contribution < 1.29 is 9.53 Å². The van der Waals surface area contributed by atoms with Gasteiger partial charge in [-0.25, -0.2) is 0 Å². The molecule has 1 N–H and O–H groups in total. The lowest BCUT2D eigenvalue weighted by Crippen LogP contribution is -1.98. The van der Waals surface area contributed by atoms with E-state index in [1.54, 1.807) is 44.6 Å². The number of hydrogen-bond acceptors (Lipinski definition) is 3. The molecular formula is C11H13NO2. The van der Waals surface area contributed by atoms with Gasteiger partial charge in [0, 0.05) is 24.9 Å². The van der Waals surface area contributed by atoms with Gasteiger partial charge in [-0.3, -0.25) is 4.79 Å². The summed E-state index contributed by atoms with van der Waals surface area (Å²) in [5.74, 6) is 0.723. The van der Waals surface area contributed by atoms with Crippen LogP contribution in [0.25, 0.3) is 0 Å². The Morgan fingerprint density at radius 3 is 2.50 bits per heavy atom. The second-order valence-electron chi connectivity index (χ2n) is 2.71. The molecule has 0 bridgehead atoms. The predicted octanol–water partition coefficient (Wildman–Crippen LogP) is 1.61. The van der Waals surface area contributed by atoms with E-state index >= 15 is 0 Å². The quantitative estimate of drug-likeness (QED) is 0.580. The van der Waals surface area contributed by atoms with Gasteiger partial charge in [0.05, 0.1) is 7.11 Å². The number of carbonyl (C=O) groups excluding carboxylic acids is 1. The molecule has 0 saturated carbocycles. The first kappa shape index (κ1) is 10.3. The van der Waals surface area contributed by atoms with E-state index in [4.69, 9.17) is 4.74 Å². The highest BCUT2D eigenvalue weighted by atomic mass is 16.5. The summed E-state index contributed by atoms with van der Waals surface area (Å²) in [6.45, 7) is 0. The van der Waals surface area contributed by atoms with E-state index in [0.29, 0.717) is 5.56 Å². The monoisotopic (exact) mass is 191 g/mol. The van der Waals surface area contributed by atoms with E-state index in [0.717, 1.165) is 5.75 Å².